The highest BCUT2D eigenvalue weighted by molar-refractivity contribution is 7.15. The molecule has 0 spiro atoms. The Morgan fingerprint density at radius 3 is 3.10 bits per heavy atom. The van der Waals surface area contributed by atoms with Crippen molar-refractivity contribution >= 4 is 22.1 Å². The van der Waals surface area contributed by atoms with Gasteiger partial charge in [-0.2, -0.15) is 0 Å². The van der Waals surface area contributed by atoms with Gasteiger partial charge in [-0.15, -0.1) is 11.3 Å². The number of ether oxygens (including phenoxy) is 1. The Bertz CT molecular complexity index is 575. The van der Waals surface area contributed by atoms with Gasteiger partial charge in [0.2, 0.25) is 0 Å². The van der Waals surface area contributed by atoms with E-state index < -0.39 is 0 Å². The molecule has 116 valence electrons. The predicted molar refractivity (Wildman–Crippen MR) is 87.3 cm³/mol. The van der Waals surface area contributed by atoms with Gasteiger partial charge in [-0.05, 0) is 25.8 Å². The van der Waals surface area contributed by atoms with E-state index in [0.717, 1.165) is 43.4 Å². The lowest BCUT2D eigenvalue weighted by Crippen LogP contribution is -2.31. The number of methoxy groups -OCH3 is 1. The maximum atomic E-state index is 5.28. The smallest absolute Gasteiger partial charge is 0.195 e. The van der Waals surface area contributed by atoms with E-state index in [2.05, 4.69) is 33.1 Å². The first-order valence-electron chi connectivity index (χ1n) is 7.76. The van der Waals surface area contributed by atoms with Gasteiger partial charge in [0.1, 0.15) is 0 Å². The lowest BCUT2D eigenvalue weighted by Gasteiger charge is -2.23. The van der Waals surface area contributed by atoms with E-state index in [1.165, 1.54) is 18.5 Å². The van der Waals surface area contributed by atoms with E-state index in [1.807, 2.05) is 0 Å². The quantitative estimate of drug-likeness (QED) is 0.723. The van der Waals surface area contributed by atoms with Crippen molar-refractivity contribution in [3.05, 3.63) is 17.3 Å². The number of rotatable bonds is 9. The summed E-state index contributed by atoms with van der Waals surface area (Å²) in [4.78, 5) is 8.40. The molecule has 2 aromatic heterocycles. The Hall–Kier alpha value is -1.11. The first-order chi connectivity index (χ1) is 10.3. The molecule has 0 amide bonds. The Morgan fingerprint density at radius 1 is 1.52 bits per heavy atom. The van der Waals surface area contributed by atoms with E-state index in [4.69, 9.17) is 9.72 Å². The van der Waals surface area contributed by atoms with Crippen LogP contribution in [0.1, 0.15) is 31.9 Å². The highest BCUT2D eigenvalue weighted by Crippen LogP contribution is 2.34. The molecular weight excluding hydrogens is 284 g/mol. The second-order valence-corrected chi connectivity index (χ2v) is 6.40. The van der Waals surface area contributed by atoms with Gasteiger partial charge in [-0.1, -0.05) is 6.92 Å². The first kappa shape index (κ1) is 14.8. The monoisotopic (exact) mass is 308 g/mol. The fraction of sp³-hybridized carbons (Fsp3) is 0.667. The minimum atomic E-state index is 0.648. The molecule has 0 bridgehead atoms. The number of hydrogen-bond acceptors (Lipinski definition) is 5. The van der Waals surface area contributed by atoms with E-state index in [-0.39, 0.29) is 0 Å². The van der Waals surface area contributed by atoms with Gasteiger partial charge in [-0.25, -0.2) is 4.98 Å². The summed E-state index contributed by atoms with van der Waals surface area (Å²) in [5.41, 5.74) is 1.28. The molecule has 1 N–H and O–H groups in total. The summed E-state index contributed by atoms with van der Waals surface area (Å²) in [5, 5.41) is 5.62. The number of nitrogens with zero attached hydrogens (tertiary/aromatic N) is 3. The summed E-state index contributed by atoms with van der Waals surface area (Å²) in [6.45, 7) is 5.78. The highest BCUT2D eigenvalue weighted by Gasteiger charge is 2.32. The summed E-state index contributed by atoms with van der Waals surface area (Å²) in [6, 6.07) is 0.648. The highest BCUT2D eigenvalue weighted by atomic mass is 32.1. The number of hydrogen-bond donors (Lipinski definition) is 1. The molecule has 0 saturated heterocycles. The van der Waals surface area contributed by atoms with Gasteiger partial charge >= 0.3 is 0 Å². The lowest BCUT2D eigenvalue weighted by atomic mass is 10.3. The molecule has 0 radical (unpaired) electrons. The molecule has 2 aromatic rings. The van der Waals surface area contributed by atoms with E-state index in [9.17, 15) is 0 Å². The van der Waals surface area contributed by atoms with Crippen molar-refractivity contribution < 1.29 is 4.74 Å². The van der Waals surface area contributed by atoms with Crippen LogP contribution in [0.2, 0.25) is 0 Å². The fourth-order valence-electron chi connectivity index (χ4n) is 2.64. The second-order valence-electron chi connectivity index (χ2n) is 5.53. The molecular formula is C15H24N4OS. The molecule has 21 heavy (non-hydrogen) atoms. The average molecular weight is 308 g/mol. The van der Waals surface area contributed by atoms with Gasteiger partial charge < -0.3 is 15.0 Å². The van der Waals surface area contributed by atoms with Gasteiger partial charge in [0, 0.05) is 37.8 Å². The largest absolute Gasteiger partial charge is 0.383 e. The molecule has 5 nitrogen and oxygen atoms in total. The Morgan fingerprint density at radius 2 is 2.38 bits per heavy atom. The van der Waals surface area contributed by atoms with Crippen molar-refractivity contribution in [1.29, 1.82) is 0 Å². The van der Waals surface area contributed by atoms with Crippen LogP contribution < -0.4 is 10.2 Å². The van der Waals surface area contributed by atoms with Crippen LogP contribution in [0, 0.1) is 0 Å². The lowest BCUT2D eigenvalue weighted by molar-refractivity contribution is 0.204. The van der Waals surface area contributed by atoms with Crippen molar-refractivity contribution in [2.24, 2.45) is 0 Å². The second kappa shape index (κ2) is 6.77. The van der Waals surface area contributed by atoms with Crippen LogP contribution in [-0.2, 0) is 11.3 Å². The fourth-order valence-corrected chi connectivity index (χ4v) is 3.36. The van der Waals surface area contributed by atoms with E-state index >= 15 is 0 Å². The Kier molecular flexibility index (Phi) is 4.77. The summed E-state index contributed by atoms with van der Waals surface area (Å²) >= 11 is 1.70. The number of imidazole rings is 1. The molecule has 1 saturated carbocycles. The zero-order valence-electron chi connectivity index (χ0n) is 12.8. The molecule has 0 atom stereocenters. The van der Waals surface area contributed by atoms with Crippen molar-refractivity contribution in [2.75, 3.05) is 31.7 Å². The maximum Gasteiger partial charge on any atom is 0.195 e. The molecule has 3 rings (SSSR count). The number of aromatic nitrogens is 2. The van der Waals surface area contributed by atoms with Crippen molar-refractivity contribution in [3.63, 3.8) is 0 Å². The van der Waals surface area contributed by atoms with Gasteiger partial charge in [0.25, 0.3) is 0 Å². The summed E-state index contributed by atoms with van der Waals surface area (Å²) < 4.78 is 7.50. The van der Waals surface area contributed by atoms with Crippen molar-refractivity contribution in [3.8, 4) is 0 Å². The molecule has 1 aliphatic rings. The zero-order chi connectivity index (χ0) is 14.7. The predicted octanol–water partition coefficient (Wildman–Crippen LogP) is 2.51. The molecule has 1 fully saturated rings. The van der Waals surface area contributed by atoms with E-state index in [0.29, 0.717) is 6.04 Å². The van der Waals surface area contributed by atoms with Crippen molar-refractivity contribution in [1.82, 2.24) is 14.7 Å². The minimum Gasteiger partial charge on any atom is -0.383 e. The molecule has 1 aliphatic carbocycles. The normalized spacial score (nSPS) is 15.0. The van der Waals surface area contributed by atoms with Crippen LogP contribution in [0.15, 0.2) is 11.6 Å². The third kappa shape index (κ3) is 3.22. The van der Waals surface area contributed by atoms with Crippen LogP contribution in [0.25, 0.3) is 4.96 Å². The Balaban J connectivity index is 1.87. The minimum absolute atomic E-state index is 0.648. The van der Waals surface area contributed by atoms with Gasteiger partial charge in [-0.3, -0.25) is 4.40 Å². The van der Waals surface area contributed by atoms with Crippen molar-refractivity contribution in [2.45, 2.75) is 38.8 Å². The SMILES string of the molecule is CCCNCc1c(N(CCOC)C2CC2)nc2sccn12. The van der Waals surface area contributed by atoms with Crippen LogP contribution in [0.5, 0.6) is 0 Å². The van der Waals surface area contributed by atoms with Crippen LogP contribution >= 0.6 is 11.3 Å². The summed E-state index contributed by atoms with van der Waals surface area (Å²) in [6.07, 6.45) is 5.82. The zero-order valence-corrected chi connectivity index (χ0v) is 13.7. The number of thiazole rings is 1. The molecule has 6 heteroatoms. The Labute approximate surface area is 129 Å². The summed E-state index contributed by atoms with van der Waals surface area (Å²) in [5.74, 6) is 1.14. The van der Waals surface area contributed by atoms with Crippen LogP contribution in [0.4, 0.5) is 5.82 Å². The summed E-state index contributed by atoms with van der Waals surface area (Å²) in [7, 11) is 1.76. The van der Waals surface area contributed by atoms with Gasteiger partial charge in [0.15, 0.2) is 10.8 Å². The topological polar surface area (TPSA) is 41.8 Å². The number of fused-ring (bicyclic) bond motifs is 1. The molecule has 2 heterocycles. The standard InChI is InChI=1S/C15H24N4OS/c1-3-6-16-11-13-14(17-15-19(13)8-10-21-15)18(7-9-20-2)12-4-5-12/h8,10,12,16H,3-7,9,11H2,1-2H3. The van der Waals surface area contributed by atoms with Crippen LogP contribution in [0.3, 0.4) is 0 Å². The maximum absolute atomic E-state index is 5.28. The molecule has 0 aliphatic heterocycles. The third-order valence-electron chi connectivity index (χ3n) is 3.86. The van der Waals surface area contributed by atoms with Gasteiger partial charge in [0.05, 0.1) is 12.3 Å². The van der Waals surface area contributed by atoms with Crippen LogP contribution in [-0.4, -0.2) is 42.2 Å². The first-order valence-corrected chi connectivity index (χ1v) is 8.63. The number of anilines is 1. The molecule has 0 aromatic carbocycles. The third-order valence-corrected chi connectivity index (χ3v) is 4.61. The van der Waals surface area contributed by atoms with E-state index in [1.54, 1.807) is 18.4 Å². The average Bonchev–Trinajstić information content (AvgIpc) is 3.12. The molecule has 0 unspecified atom stereocenters. The number of nitrogens with one attached hydrogen (secondary N) is 1.